The van der Waals surface area contributed by atoms with E-state index < -0.39 is 0 Å². The van der Waals surface area contributed by atoms with E-state index in [-0.39, 0.29) is 19.1 Å². The molecule has 7 nitrogen and oxygen atoms in total. The molecule has 0 saturated carbocycles. The van der Waals surface area contributed by atoms with E-state index in [9.17, 15) is 4.79 Å². The number of carbonyl (C=O) groups excluding carboxylic acids is 1. The lowest BCUT2D eigenvalue weighted by molar-refractivity contribution is -0.120. The largest absolute Gasteiger partial charge is 0.497 e. The topological polar surface area (TPSA) is 82.8 Å². The highest BCUT2D eigenvalue weighted by molar-refractivity contribution is 5.78. The molecule has 0 unspecified atom stereocenters. The van der Waals surface area contributed by atoms with Crippen LogP contribution >= 0.6 is 0 Å². The zero-order valence-corrected chi connectivity index (χ0v) is 14.7. The van der Waals surface area contributed by atoms with Crippen LogP contribution in [0.1, 0.15) is 11.3 Å². The number of nitrogens with one attached hydrogen (secondary N) is 1. The van der Waals surface area contributed by atoms with Gasteiger partial charge in [0, 0.05) is 18.2 Å². The van der Waals surface area contributed by atoms with E-state index in [0.717, 1.165) is 16.9 Å². The highest BCUT2D eigenvalue weighted by Crippen LogP contribution is 2.36. The number of hydrogen-bond donors (Lipinski definition) is 1. The summed E-state index contributed by atoms with van der Waals surface area (Å²) in [6.07, 6.45) is 0.137. The number of nitrogens with zero attached hydrogens (tertiary/aromatic N) is 1. The fourth-order valence-electron chi connectivity index (χ4n) is 2.79. The van der Waals surface area contributed by atoms with Gasteiger partial charge in [-0.25, -0.2) is 0 Å². The number of hydrogen-bond acceptors (Lipinski definition) is 6. The molecule has 7 heteroatoms. The molecule has 1 aromatic heterocycles. The van der Waals surface area contributed by atoms with Gasteiger partial charge in [-0.1, -0.05) is 17.3 Å². The third-order valence-electron chi connectivity index (χ3n) is 4.18. The van der Waals surface area contributed by atoms with E-state index in [1.807, 2.05) is 42.5 Å². The van der Waals surface area contributed by atoms with Crippen molar-refractivity contribution in [2.45, 2.75) is 13.0 Å². The Morgan fingerprint density at radius 2 is 2.04 bits per heavy atom. The average Bonchev–Trinajstić information content (AvgIpc) is 3.35. The molecule has 1 N–H and O–H groups in total. The highest BCUT2D eigenvalue weighted by Gasteiger charge is 2.16. The quantitative estimate of drug-likeness (QED) is 0.722. The zero-order chi connectivity index (χ0) is 18.6. The predicted octanol–water partition coefficient (Wildman–Crippen LogP) is 2.94. The van der Waals surface area contributed by atoms with Crippen LogP contribution in [0, 0.1) is 0 Å². The lowest BCUT2D eigenvalue weighted by Gasteiger charge is -2.06. The first-order valence-corrected chi connectivity index (χ1v) is 8.46. The summed E-state index contributed by atoms with van der Waals surface area (Å²) < 4.78 is 21.2. The average molecular weight is 366 g/mol. The molecule has 1 amide bonds. The Bertz CT molecular complexity index is 967. The lowest BCUT2D eigenvalue weighted by atomic mass is 10.1. The van der Waals surface area contributed by atoms with Gasteiger partial charge < -0.3 is 24.1 Å². The molecular weight excluding hydrogens is 348 g/mol. The van der Waals surface area contributed by atoms with E-state index in [2.05, 4.69) is 10.5 Å². The summed E-state index contributed by atoms with van der Waals surface area (Å²) >= 11 is 0. The molecule has 0 radical (unpaired) electrons. The van der Waals surface area contributed by atoms with Gasteiger partial charge in [-0.05, 0) is 35.9 Å². The van der Waals surface area contributed by atoms with Crippen molar-refractivity contribution < 1.29 is 23.5 Å². The summed E-state index contributed by atoms with van der Waals surface area (Å²) in [7, 11) is 1.61. The molecule has 27 heavy (non-hydrogen) atoms. The van der Waals surface area contributed by atoms with E-state index in [4.69, 9.17) is 18.7 Å². The second kappa shape index (κ2) is 7.41. The van der Waals surface area contributed by atoms with E-state index in [1.54, 1.807) is 13.2 Å². The van der Waals surface area contributed by atoms with E-state index >= 15 is 0 Å². The van der Waals surface area contributed by atoms with Crippen LogP contribution in [-0.4, -0.2) is 25.0 Å². The molecule has 138 valence electrons. The number of amides is 1. The molecule has 2 aromatic carbocycles. The third-order valence-corrected chi connectivity index (χ3v) is 4.18. The molecule has 0 fully saturated rings. The number of fused-ring (bicyclic) bond motifs is 1. The van der Waals surface area contributed by atoms with Crippen molar-refractivity contribution >= 4 is 5.91 Å². The molecule has 0 atom stereocenters. The molecule has 0 bridgehead atoms. The second-order valence-corrected chi connectivity index (χ2v) is 6.06. The molecule has 1 aliphatic rings. The van der Waals surface area contributed by atoms with Crippen LogP contribution < -0.4 is 19.5 Å². The number of carbonyl (C=O) groups is 1. The minimum absolute atomic E-state index is 0.136. The standard InChI is InChI=1S/C20H18N2O5/c1-24-16-4-2-3-13(7-16)11-21-20(23)10-15-9-18(27-22-15)14-5-6-17-19(8-14)26-12-25-17/h2-9H,10-12H2,1H3,(H,21,23). The molecule has 1 aliphatic heterocycles. The van der Waals surface area contributed by atoms with Crippen LogP contribution in [0.15, 0.2) is 53.1 Å². The minimum Gasteiger partial charge on any atom is -0.497 e. The first kappa shape index (κ1) is 17.0. The fraction of sp³-hybridized carbons (Fsp3) is 0.200. The summed E-state index contributed by atoms with van der Waals surface area (Å²) in [5.74, 6) is 2.57. The van der Waals surface area contributed by atoms with Gasteiger partial charge >= 0.3 is 0 Å². The second-order valence-electron chi connectivity index (χ2n) is 6.06. The number of rotatable bonds is 6. The smallest absolute Gasteiger partial charge is 0.231 e. The molecule has 0 spiro atoms. The van der Waals surface area contributed by atoms with E-state index in [1.165, 1.54) is 0 Å². The molecule has 0 aliphatic carbocycles. The Hall–Kier alpha value is -3.48. The van der Waals surface area contributed by atoms with Gasteiger partial charge in [-0.3, -0.25) is 4.79 Å². The maximum atomic E-state index is 12.2. The maximum Gasteiger partial charge on any atom is 0.231 e. The van der Waals surface area contributed by atoms with E-state index in [0.29, 0.717) is 29.5 Å². The van der Waals surface area contributed by atoms with Gasteiger partial charge in [0.1, 0.15) is 5.75 Å². The van der Waals surface area contributed by atoms with Crippen LogP contribution in [0.3, 0.4) is 0 Å². The summed E-state index contributed by atoms with van der Waals surface area (Å²) in [5, 5.41) is 6.85. The lowest BCUT2D eigenvalue weighted by Crippen LogP contribution is -2.24. The predicted molar refractivity (Wildman–Crippen MR) is 96.6 cm³/mol. The van der Waals surface area contributed by atoms with Gasteiger partial charge in [0.25, 0.3) is 0 Å². The first-order chi connectivity index (χ1) is 13.2. The molecule has 0 saturated heterocycles. The molecule has 3 aromatic rings. The van der Waals surface area contributed by atoms with Crippen molar-refractivity contribution in [1.82, 2.24) is 10.5 Å². The summed E-state index contributed by atoms with van der Waals surface area (Å²) in [6.45, 7) is 0.636. The molecule has 2 heterocycles. The Morgan fingerprint density at radius 1 is 1.15 bits per heavy atom. The monoisotopic (exact) mass is 366 g/mol. The third kappa shape index (κ3) is 3.87. The van der Waals surface area contributed by atoms with Crippen LogP contribution in [0.25, 0.3) is 11.3 Å². The normalized spacial score (nSPS) is 12.0. The van der Waals surface area contributed by atoms with Crippen LogP contribution in [0.2, 0.25) is 0 Å². The summed E-state index contributed by atoms with van der Waals surface area (Å²) in [6, 6.07) is 14.8. The number of aromatic nitrogens is 1. The van der Waals surface area contributed by atoms with Gasteiger partial charge in [-0.15, -0.1) is 0 Å². The van der Waals surface area contributed by atoms with Crippen molar-refractivity contribution in [2.24, 2.45) is 0 Å². The van der Waals surface area contributed by atoms with Crippen molar-refractivity contribution in [2.75, 3.05) is 13.9 Å². The SMILES string of the molecule is COc1cccc(CNC(=O)Cc2cc(-c3ccc4c(c3)OCO4)on2)c1. The van der Waals surface area contributed by atoms with Crippen molar-refractivity contribution in [3.05, 3.63) is 59.8 Å². The summed E-state index contributed by atoms with van der Waals surface area (Å²) in [5.41, 5.74) is 2.34. The van der Waals surface area contributed by atoms with Crippen LogP contribution in [0.5, 0.6) is 17.2 Å². The van der Waals surface area contributed by atoms with Crippen molar-refractivity contribution in [1.29, 1.82) is 0 Å². The maximum absolute atomic E-state index is 12.2. The minimum atomic E-state index is -0.136. The first-order valence-electron chi connectivity index (χ1n) is 8.46. The Balaban J connectivity index is 1.36. The van der Waals surface area contributed by atoms with Gasteiger partial charge in [-0.2, -0.15) is 0 Å². The number of ether oxygens (including phenoxy) is 3. The Kier molecular flexibility index (Phi) is 4.65. The molecular formula is C20H18N2O5. The summed E-state index contributed by atoms with van der Waals surface area (Å²) in [4.78, 5) is 12.2. The molecule has 4 rings (SSSR count). The van der Waals surface area contributed by atoms with Crippen LogP contribution in [0.4, 0.5) is 0 Å². The van der Waals surface area contributed by atoms with Gasteiger partial charge in [0.15, 0.2) is 17.3 Å². The Morgan fingerprint density at radius 3 is 2.93 bits per heavy atom. The van der Waals surface area contributed by atoms with Gasteiger partial charge in [0.05, 0.1) is 19.2 Å². The number of methoxy groups -OCH3 is 1. The van der Waals surface area contributed by atoms with Crippen molar-refractivity contribution in [3.63, 3.8) is 0 Å². The number of benzene rings is 2. The highest BCUT2D eigenvalue weighted by atomic mass is 16.7. The Labute approximate surface area is 155 Å². The van der Waals surface area contributed by atoms with Crippen LogP contribution in [-0.2, 0) is 17.8 Å². The van der Waals surface area contributed by atoms with Crippen molar-refractivity contribution in [3.8, 4) is 28.6 Å². The fourth-order valence-corrected chi connectivity index (χ4v) is 2.79. The zero-order valence-electron chi connectivity index (χ0n) is 14.7. The van der Waals surface area contributed by atoms with Gasteiger partial charge in [0.2, 0.25) is 12.7 Å².